The number of nitrogens with one attached hydrogen (secondary N) is 1. The fourth-order valence-corrected chi connectivity index (χ4v) is 3.37. The van der Waals surface area contributed by atoms with E-state index in [1.807, 2.05) is 6.92 Å². The third-order valence-corrected chi connectivity index (χ3v) is 5.32. The van der Waals surface area contributed by atoms with Crippen molar-refractivity contribution in [1.82, 2.24) is 4.90 Å². The zero-order valence-corrected chi connectivity index (χ0v) is 20.9. The summed E-state index contributed by atoms with van der Waals surface area (Å²) in [6.45, 7) is 3.35. The Kier molecular flexibility index (Phi) is 11.8. The van der Waals surface area contributed by atoms with Gasteiger partial charge in [0.2, 0.25) is 5.91 Å². The van der Waals surface area contributed by atoms with Crippen LogP contribution < -0.4 is 21.5 Å². The first-order valence-corrected chi connectivity index (χ1v) is 11.9. The molecule has 1 unspecified atom stereocenters. The number of carbonyl (C=O) groups excluding carboxylic acids is 3. The number of para-hydroxylation sites is 1. The average molecular weight is 525 g/mol. The number of halogens is 2. The van der Waals surface area contributed by atoms with Gasteiger partial charge in [0.25, 0.3) is 11.8 Å². The van der Waals surface area contributed by atoms with E-state index >= 15 is 0 Å². The molecule has 0 radical (unpaired) electrons. The monoisotopic (exact) mass is 524 g/mol. The van der Waals surface area contributed by atoms with Crippen molar-refractivity contribution >= 4 is 46.6 Å². The van der Waals surface area contributed by atoms with E-state index in [-0.39, 0.29) is 13.0 Å². The van der Waals surface area contributed by atoms with Crippen molar-refractivity contribution in [3.63, 3.8) is 0 Å². The second-order valence-corrected chi connectivity index (χ2v) is 8.70. The van der Waals surface area contributed by atoms with E-state index in [1.165, 1.54) is 4.90 Å². The maximum atomic E-state index is 12.6. The first kappa shape index (κ1) is 28.4. The number of hydrogen-bond acceptors (Lipinski definition) is 6. The van der Waals surface area contributed by atoms with Gasteiger partial charge in [-0.25, -0.2) is 0 Å². The molecule has 0 bridgehead atoms. The Bertz CT molecular complexity index is 960. The topological polar surface area (TPSA) is 137 Å². The van der Waals surface area contributed by atoms with Crippen LogP contribution in [-0.4, -0.2) is 59.4 Å². The van der Waals surface area contributed by atoms with Crippen LogP contribution in [0, 0.1) is 0 Å². The van der Waals surface area contributed by atoms with Crippen LogP contribution in [0.15, 0.2) is 54.6 Å². The number of nitrogens with zero attached hydrogens (tertiary/aromatic N) is 1. The Morgan fingerprint density at radius 2 is 1.71 bits per heavy atom. The Labute approximate surface area is 214 Å². The molecular weight excluding hydrogens is 495 g/mol. The number of primary amides is 1. The van der Waals surface area contributed by atoms with E-state index in [2.05, 4.69) is 5.32 Å². The zero-order chi connectivity index (χ0) is 25.8. The van der Waals surface area contributed by atoms with Crippen molar-refractivity contribution in [1.29, 1.82) is 0 Å². The van der Waals surface area contributed by atoms with Gasteiger partial charge in [0.1, 0.15) is 5.75 Å². The summed E-state index contributed by atoms with van der Waals surface area (Å²) in [5, 5.41) is 2.70. The van der Waals surface area contributed by atoms with Gasteiger partial charge < -0.3 is 31.2 Å². The minimum Gasteiger partial charge on any atom is -0.481 e. The van der Waals surface area contributed by atoms with Gasteiger partial charge in [-0.3, -0.25) is 14.4 Å². The molecule has 0 aliphatic heterocycles. The predicted octanol–water partition coefficient (Wildman–Crippen LogP) is 2.44. The number of amides is 3. The number of carbonyl (C=O) groups is 3. The van der Waals surface area contributed by atoms with E-state index in [9.17, 15) is 14.4 Å². The van der Waals surface area contributed by atoms with Gasteiger partial charge in [0, 0.05) is 31.8 Å². The van der Waals surface area contributed by atoms with Crippen LogP contribution in [0.2, 0.25) is 0 Å². The minimum atomic E-state index is -1.17. The van der Waals surface area contributed by atoms with Crippen molar-refractivity contribution in [2.45, 2.75) is 36.9 Å². The molecule has 0 aliphatic rings. The highest BCUT2D eigenvalue weighted by molar-refractivity contribution is 6.53. The molecule has 35 heavy (non-hydrogen) atoms. The number of alkyl halides is 2. The fourth-order valence-electron chi connectivity index (χ4n) is 3.10. The van der Waals surface area contributed by atoms with Crippen molar-refractivity contribution in [2.24, 2.45) is 11.5 Å². The molecule has 0 heterocycles. The molecule has 0 saturated carbocycles. The third-order valence-electron chi connectivity index (χ3n) is 4.95. The number of nitrogens with two attached hydrogens (primary N) is 2. The third kappa shape index (κ3) is 9.73. The highest BCUT2D eigenvalue weighted by Gasteiger charge is 2.25. The minimum absolute atomic E-state index is 0.0942. The standard InChI is InChI=1S/C24H30Cl2N4O5/c1-2-34-13-12-30(24(33)21(25)26)15-16-8-10-17(11-9-16)29-23(32)19(27)14-20(22(28)31)35-18-6-4-3-5-7-18/h3-11,19-21H,2,12-15,27H2,1H3,(H2,28,31)(H,29,32)/t19-,20?/m0/s1. The molecule has 11 heteroatoms. The SMILES string of the molecule is CCOCCN(Cc1ccc(NC(=O)[C@@H](N)CC(Oc2ccccc2)C(N)=O)cc1)C(=O)C(Cl)Cl. The molecule has 5 N–H and O–H groups in total. The summed E-state index contributed by atoms with van der Waals surface area (Å²) < 4.78 is 10.9. The molecule has 2 aromatic carbocycles. The summed E-state index contributed by atoms with van der Waals surface area (Å²) in [5.41, 5.74) is 12.7. The summed E-state index contributed by atoms with van der Waals surface area (Å²) in [6, 6.07) is 14.5. The van der Waals surface area contributed by atoms with Crippen molar-refractivity contribution in [2.75, 3.05) is 25.1 Å². The Hall–Kier alpha value is -2.85. The van der Waals surface area contributed by atoms with Gasteiger partial charge in [-0.2, -0.15) is 0 Å². The van der Waals surface area contributed by atoms with Crippen LogP contribution in [0.5, 0.6) is 5.75 Å². The fraction of sp³-hybridized carbons (Fsp3) is 0.375. The largest absolute Gasteiger partial charge is 0.481 e. The van der Waals surface area contributed by atoms with Gasteiger partial charge in [0.05, 0.1) is 12.6 Å². The van der Waals surface area contributed by atoms with Crippen LogP contribution in [-0.2, 0) is 25.7 Å². The van der Waals surface area contributed by atoms with Crippen LogP contribution in [0.1, 0.15) is 18.9 Å². The molecule has 2 rings (SSSR count). The van der Waals surface area contributed by atoms with Gasteiger partial charge in [0.15, 0.2) is 10.9 Å². The normalized spacial score (nSPS) is 12.6. The van der Waals surface area contributed by atoms with Crippen LogP contribution in [0.3, 0.4) is 0 Å². The zero-order valence-electron chi connectivity index (χ0n) is 19.4. The average Bonchev–Trinajstić information content (AvgIpc) is 2.84. The molecule has 0 aromatic heterocycles. The van der Waals surface area contributed by atoms with Gasteiger partial charge in [-0.05, 0) is 36.8 Å². The number of ether oxygens (including phenoxy) is 2. The molecule has 0 fully saturated rings. The first-order chi connectivity index (χ1) is 16.7. The lowest BCUT2D eigenvalue weighted by Crippen LogP contribution is -2.44. The predicted molar refractivity (Wildman–Crippen MR) is 135 cm³/mol. The van der Waals surface area contributed by atoms with Gasteiger partial charge >= 0.3 is 0 Å². The van der Waals surface area contributed by atoms with Crippen LogP contribution in [0.25, 0.3) is 0 Å². The number of anilines is 1. The lowest BCUT2D eigenvalue weighted by molar-refractivity contribution is -0.130. The van der Waals surface area contributed by atoms with E-state index in [1.54, 1.807) is 54.6 Å². The van der Waals surface area contributed by atoms with Gasteiger partial charge in [-0.1, -0.05) is 53.5 Å². The maximum absolute atomic E-state index is 12.6. The van der Waals surface area contributed by atoms with Crippen molar-refractivity contribution < 1.29 is 23.9 Å². The van der Waals surface area contributed by atoms with Gasteiger partial charge in [-0.15, -0.1) is 0 Å². The van der Waals surface area contributed by atoms with Crippen molar-refractivity contribution in [3.8, 4) is 5.75 Å². The van der Waals surface area contributed by atoms with E-state index in [0.717, 1.165) is 5.56 Å². The Morgan fingerprint density at radius 1 is 1.06 bits per heavy atom. The second kappa shape index (κ2) is 14.5. The van der Waals surface area contributed by atoms with Crippen molar-refractivity contribution in [3.05, 3.63) is 60.2 Å². The molecule has 0 spiro atoms. The maximum Gasteiger partial charge on any atom is 0.258 e. The molecule has 3 amide bonds. The lowest BCUT2D eigenvalue weighted by Gasteiger charge is -2.23. The number of benzene rings is 2. The summed E-state index contributed by atoms with van der Waals surface area (Å²) in [5.74, 6) is -1.19. The highest BCUT2D eigenvalue weighted by atomic mass is 35.5. The number of rotatable bonds is 14. The first-order valence-electron chi connectivity index (χ1n) is 11.0. The van der Waals surface area contributed by atoms with E-state index in [4.69, 9.17) is 44.1 Å². The van der Waals surface area contributed by atoms with Crippen LogP contribution >= 0.6 is 23.2 Å². The number of hydrogen-bond donors (Lipinski definition) is 3. The molecule has 9 nitrogen and oxygen atoms in total. The molecule has 0 saturated heterocycles. The molecule has 0 aliphatic carbocycles. The summed E-state index contributed by atoms with van der Waals surface area (Å²) in [4.78, 5) is 36.9. The molecule has 2 aromatic rings. The Morgan fingerprint density at radius 3 is 2.29 bits per heavy atom. The summed E-state index contributed by atoms with van der Waals surface area (Å²) >= 11 is 11.5. The van der Waals surface area contributed by atoms with E-state index < -0.39 is 34.7 Å². The molecule has 190 valence electrons. The highest BCUT2D eigenvalue weighted by Crippen LogP contribution is 2.16. The lowest BCUT2D eigenvalue weighted by atomic mass is 10.1. The summed E-state index contributed by atoms with van der Waals surface area (Å²) in [6.07, 6.45) is -1.16. The smallest absolute Gasteiger partial charge is 0.258 e. The quantitative estimate of drug-likeness (QED) is 0.256. The van der Waals surface area contributed by atoms with E-state index in [0.29, 0.717) is 31.2 Å². The molecule has 2 atom stereocenters. The second-order valence-electron chi connectivity index (χ2n) is 7.61. The summed E-state index contributed by atoms with van der Waals surface area (Å²) in [7, 11) is 0. The van der Waals surface area contributed by atoms with Crippen LogP contribution in [0.4, 0.5) is 5.69 Å². The Balaban J connectivity index is 1.95. The molecular formula is C24H30Cl2N4O5.